The van der Waals surface area contributed by atoms with Crippen molar-refractivity contribution in [3.05, 3.63) is 51.9 Å². The zero-order valence-corrected chi connectivity index (χ0v) is 17.4. The molecule has 4 nitrogen and oxygen atoms in total. The van der Waals surface area contributed by atoms with Crippen LogP contribution in [0.1, 0.15) is 44.2 Å². The van der Waals surface area contributed by atoms with Crippen LogP contribution in [0.25, 0.3) is 23.3 Å². The first kappa shape index (κ1) is 18.9. The van der Waals surface area contributed by atoms with Gasteiger partial charge in [0.25, 0.3) is 0 Å². The van der Waals surface area contributed by atoms with Crippen LogP contribution in [0, 0.1) is 0 Å². The number of fused-ring (bicyclic) bond motifs is 5. The minimum Gasteiger partial charge on any atom is -0.507 e. The summed E-state index contributed by atoms with van der Waals surface area (Å²) in [6.07, 6.45) is 6.35. The van der Waals surface area contributed by atoms with Crippen molar-refractivity contribution in [3.8, 4) is 16.9 Å². The van der Waals surface area contributed by atoms with E-state index in [9.17, 15) is 10.2 Å². The van der Waals surface area contributed by atoms with Gasteiger partial charge >= 0.3 is 0 Å². The minimum atomic E-state index is -0.577. The molecule has 0 spiro atoms. The third kappa shape index (κ3) is 2.63. The molecule has 1 unspecified atom stereocenters. The Labute approximate surface area is 171 Å². The number of likely N-dealkylation sites (tertiary alicyclic amines) is 1. The fourth-order valence-corrected chi connectivity index (χ4v) is 5.51. The lowest BCUT2D eigenvalue weighted by molar-refractivity contribution is -0.101. The molecule has 2 aliphatic carbocycles. The van der Waals surface area contributed by atoms with E-state index in [1.807, 2.05) is 6.07 Å². The van der Waals surface area contributed by atoms with Gasteiger partial charge in [-0.05, 0) is 52.5 Å². The maximum Gasteiger partial charge on any atom is 0.144 e. The van der Waals surface area contributed by atoms with Gasteiger partial charge in [-0.1, -0.05) is 44.2 Å². The topological polar surface area (TPSA) is 52.9 Å². The van der Waals surface area contributed by atoms with Crippen molar-refractivity contribution >= 4 is 12.2 Å². The molecule has 0 amide bonds. The molecular formula is C25H29NO3. The van der Waals surface area contributed by atoms with E-state index < -0.39 is 5.72 Å². The van der Waals surface area contributed by atoms with E-state index in [4.69, 9.17) is 4.74 Å². The molecule has 2 N–H and O–H groups in total. The van der Waals surface area contributed by atoms with Crippen LogP contribution in [-0.2, 0) is 10.2 Å². The summed E-state index contributed by atoms with van der Waals surface area (Å²) in [5.74, 6) is 0.314. The van der Waals surface area contributed by atoms with Crippen LogP contribution in [0.4, 0.5) is 0 Å². The first-order chi connectivity index (χ1) is 13.9. The van der Waals surface area contributed by atoms with Crippen molar-refractivity contribution < 1.29 is 14.9 Å². The Hall–Kier alpha value is -2.14. The molecule has 0 radical (unpaired) electrons. The summed E-state index contributed by atoms with van der Waals surface area (Å²) in [4.78, 5) is 2.30. The molecule has 29 heavy (non-hydrogen) atoms. The number of phenolic OH excluding ortho intramolecular Hbond substituents is 1. The predicted octanol–water partition coefficient (Wildman–Crippen LogP) is 2.46. The molecule has 4 heteroatoms. The Kier molecular flexibility index (Phi) is 4.18. The average Bonchev–Trinajstić information content (AvgIpc) is 2.96. The standard InChI is InChI=1S/C25H29NO3/c1-24(2)20-7-5-4-6-18(20)23-17-8-11-25(29-3,26-12-9-16(27)10-13-26)15-19(17)22(28)14-21(23)24/h4-8,14-16,27-28H,9-13H2,1-3H3. The Morgan fingerprint density at radius 3 is 2.52 bits per heavy atom. The lowest BCUT2D eigenvalue weighted by atomic mass is 9.81. The van der Waals surface area contributed by atoms with E-state index in [-0.39, 0.29) is 11.5 Å². The van der Waals surface area contributed by atoms with E-state index in [1.54, 1.807) is 7.11 Å². The summed E-state index contributed by atoms with van der Waals surface area (Å²) in [6, 6.07) is 10.5. The monoisotopic (exact) mass is 391 g/mol. The van der Waals surface area contributed by atoms with Gasteiger partial charge in [-0.15, -0.1) is 0 Å². The van der Waals surface area contributed by atoms with Crippen LogP contribution in [0.3, 0.4) is 0 Å². The summed E-state index contributed by atoms with van der Waals surface area (Å²) in [6.45, 7) is 6.04. The van der Waals surface area contributed by atoms with E-state index >= 15 is 0 Å². The highest BCUT2D eigenvalue weighted by molar-refractivity contribution is 5.83. The molecule has 1 saturated heterocycles. The quantitative estimate of drug-likeness (QED) is 0.826. The number of aromatic hydroxyl groups is 1. The SMILES string of the molecule is COC1(N2CCC(O)CC2)C=c2c(O)cc3c(c2=CC1)-c1ccccc1C3(C)C. The van der Waals surface area contributed by atoms with E-state index in [0.29, 0.717) is 5.75 Å². The minimum absolute atomic E-state index is 0.134. The van der Waals surface area contributed by atoms with Gasteiger partial charge in [0.1, 0.15) is 11.5 Å². The fraction of sp³-hybridized carbons (Fsp3) is 0.440. The molecule has 2 aromatic carbocycles. The van der Waals surface area contributed by atoms with Crippen LogP contribution in [-0.4, -0.2) is 47.1 Å². The molecule has 0 bridgehead atoms. The number of benzene rings is 2. The fourth-order valence-electron chi connectivity index (χ4n) is 5.51. The summed E-state index contributed by atoms with van der Waals surface area (Å²) < 4.78 is 6.04. The van der Waals surface area contributed by atoms with Crippen LogP contribution < -0.4 is 10.4 Å². The van der Waals surface area contributed by atoms with Crippen molar-refractivity contribution in [2.24, 2.45) is 0 Å². The average molecular weight is 392 g/mol. The Morgan fingerprint density at radius 1 is 1.07 bits per heavy atom. The molecule has 152 valence electrons. The van der Waals surface area contributed by atoms with Gasteiger partial charge in [0.15, 0.2) is 0 Å². The Bertz CT molecular complexity index is 1100. The van der Waals surface area contributed by atoms with Gasteiger partial charge in [-0.25, -0.2) is 0 Å². The number of nitrogens with zero attached hydrogens (tertiary/aromatic N) is 1. The van der Waals surface area contributed by atoms with Gasteiger partial charge in [-0.3, -0.25) is 4.90 Å². The maximum atomic E-state index is 11.0. The molecule has 0 aromatic heterocycles. The van der Waals surface area contributed by atoms with Gasteiger partial charge in [0.2, 0.25) is 0 Å². The highest BCUT2D eigenvalue weighted by atomic mass is 16.5. The van der Waals surface area contributed by atoms with Gasteiger partial charge < -0.3 is 14.9 Å². The van der Waals surface area contributed by atoms with Crippen LogP contribution >= 0.6 is 0 Å². The van der Waals surface area contributed by atoms with Gasteiger partial charge in [0, 0.05) is 37.3 Å². The Morgan fingerprint density at radius 2 is 1.79 bits per heavy atom. The normalized spacial score (nSPS) is 25.5. The van der Waals surface area contributed by atoms with Crippen LogP contribution in [0.15, 0.2) is 30.3 Å². The second-order valence-electron chi connectivity index (χ2n) is 9.14. The number of ether oxygens (including phenoxy) is 1. The zero-order valence-electron chi connectivity index (χ0n) is 17.4. The molecule has 2 aromatic rings. The number of aliphatic hydroxyl groups excluding tert-OH is 1. The molecule has 1 fully saturated rings. The van der Waals surface area contributed by atoms with Crippen LogP contribution in [0.2, 0.25) is 0 Å². The number of hydrogen-bond acceptors (Lipinski definition) is 4. The summed E-state index contributed by atoms with van der Waals surface area (Å²) in [7, 11) is 1.74. The number of aliphatic hydroxyl groups is 1. The lowest BCUT2D eigenvalue weighted by Gasteiger charge is -2.44. The highest BCUT2D eigenvalue weighted by Crippen LogP contribution is 2.47. The number of hydrogen-bond donors (Lipinski definition) is 2. The van der Waals surface area contributed by atoms with Gasteiger partial charge in [0.05, 0.1) is 6.10 Å². The van der Waals surface area contributed by atoms with Crippen molar-refractivity contribution in [1.29, 1.82) is 0 Å². The van der Waals surface area contributed by atoms with E-state index in [1.165, 1.54) is 22.3 Å². The molecule has 1 aliphatic heterocycles. The van der Waals surface area contributed by atoms with E-state index in [2.05, 4.69) is 55.2 Å². The Balaban J connectivity index is 1.72. The first-order valence-corrected chi connectivity index (χ1v) is 10.5. The number of rotatable bonds is 2. The predicted molar refractivity (Wildman–Crippen MR) is 115 cm³/mol. The molecule has 1 atom stereocenters. The second kappa shape index (κ2) is 6.43. The first-order valence-electron chi connectivity index (χ1n) is 10.5. The third-order valence-electron chi connectivity index (χ3n) is 7.25. The number of phenols is 1. The number of piperidine rings is 1. The summed E-state index contributed by atoms with van der Waals surface area (Å²) in [5.41, 5.74) is 4.29. The zero-order chi connectivity index (χ0) is 20.4. The molecule has 5 rings (SSSR count). The third-order valence-corrected chi connectivity index (χ3v) is 7.25. The summed E-state index contributed by atoms with van der Waals surface area (Å²) in [5, 5.41) is 22.9. The molecule has 3 aliphatic rings. The second-order valence-corrected chi connectivity index (χ2v) is 9.14. The molecule has 1 heterocycles. The van der Waals surface area contributed by atoms with Crippen molar-refractivity contribution in [3.63, 3.8) is 0 Å². The summed E-state index contributed by atoms with van der Waals surface area (Å²) >= 11 is 0. The van der Waals surface area contributed by atoms with Gasteiger partial charge in [-0.2, -0.15) is 0 Å². The number of methoxy groups -OCH3 is 1. The van der Waals surface area contributed by atoms with Crippen molar-refractivity contribution in [2.45, 2.75) is 50.4 Å². The largest absolute Gasteiger partial charge is 0.507 e. The molecule has 0 saturated carbocycles. The highest BCUT2D eigenvalue weighted by Gasteiger charge is 2.40. The van der Waals surface area contributed by atoms with Crippen LogP contribution in [0.5, 0.6) is 5.75 Å². The van der Waals surface area contributed by atoms with E-state index in [0.717, 1.165) is 42.8 Å². The maximum absolute atomic E-state index is 11.0. The lowest BCUT2D eigenvalue weighted by Crippen LogP contribution is -2.55. The molecular weight excluding hydrogens is 362 g/mol. The van der Waals surface area contributed by atoms with Crippen molar-refractivity contribution in [1.82, 2.24) is 4.90 Å². The smallest absolute Gasteiger partial charge is 0.144 e. The van der Waals surface area contributed by atoms with Crippen molar-refractivity contribution in [2.75, 3.05) is 20.2 Å².